The number of ether oxygens (including phenoxy) is 2. The van der Waals surface area contributed by atoms with Crippen molar-refractivity contribution in [2.24, 2.45) is 29.6 Å². The number of aromatic amines is 1. The van der Waals surface area contributed by atoms with Crippen molar-refractivity contribution in [3.63, 3.8) is 0 Å². The van der Waals surface area contributed by atoms with E-state index < -0.39 is 0 Å². The highest BCUT2D eigenvalue weighted by molar-refractivity contribution is 8.00. The van der Waals surface area contributed by atoms with Gasteiger partial charge in [0, 0.05) is 26.6 Å². The molecule has 1 saturated heterocycles. The Morgan fingerprint density at radius 1 is 0.953 bits per heavy atom. The topological polar surface area (TPSA) is 88.7 Å². The van der Waals surface area contributed by atoms with Crippen molar-refractivity contribution >= 4 is 52.2 Å². The van der Waals surface area contributed by atoms with Crippen LogP contribution in [0.3, 0.4) is 0 Å². The molecule has 10 heteroatoms. The first-order valence-corrected chi connectivity index (χ1v) is 16.4. The Bertz CT molecular complexity index is 1820. The molecule has 0 radical (unpaired) electrons. The standard InChI is InChI=1S/C33H27ClN2O5S2/c1-40-19-11-9-18(10-12-19)36-31(37)26-21-14-22(27(26)32(36)38)28-25(21)24(29-30(42-28)35-33(39)43-29)20-7-2-3-8-23(20)41-15-16-5-4-6-17(34)13-16/h2-13,21-22,24-28H,14-15H2,1H3,(H,35,39)/t21-,22-,24+,25+,26+,27+,28-/m1/s1. The van der Waals surface area contributed by atoms with Crippen molar-refractivity contribution in [1.29, 1.82) is 0 Å². The van der Waals surface area contributed by atoms with Crippen LogP contribution in [0.5, 0.6) is 11.5 Å². The van der Waals surface area contributed by atoms with Gasteiger partial charge < -0.3 is 14.5 Å². The lowest BCUT2D eigenvalue weighted by molar-refractivity contribution is -0.123. The molecule has 2 saturated carbocycles. The average molecular weight is 631 g/mol. The minimum Gasteiger partial charge on any atom is -0.497 e. The van der Waals surface area contributed by atoms with Crippen LogP contribution < -0.4 is 19.2 Å². The molecule has 2 aliphatic heterocycles. The molecule has 7 atom stereocenters. The van der Waals surface area contributed by atoms with Crippen LogP contribution in [0.2, 0.25) is 5.02 Å². The molecule has 4 aliphatic rings. The van der Waals surface area contributed by atoms with Gasteiger partial charge in [0.05, 0.1) is 29.7 Å². The zero-order valence-electron chi connectivity index (χ0n) is 23.1. The van der Waals surface area contributed by atoms with Gasteiger partial charge in [-0.15, -0.1) is 11.8 Å². The SMILES string of the molecule is COc1ccc(N2C(=O)[C@H]3[C@H]4C[C@@H]([C@@H]3C2=O)[C@H]2[C@H](c3ccccc3OCc3cccc(Cl)c3)c3sc(=O)[nH]c3S[C@H]42)cc1. The molecule has 1 aromatic heterocycles. The number of imide groups is 1. The van der Waals surface area contributed by atoms with E-state index in [-0.39, 0.29) is 57.4 Å². The Balaban J connectivity index is 1.17. The number of amides is 2. The van der Waals surface area contributed by atoms with Gasteiger partial charge in [-0.05, 0) is 72.2 Å². The summed E-state index contributed by atoms with van der Waals surface area (Å²) in [4.78, 5) is 46.0. The van der Waals surface area contributed by atoms with Gasteiger partial charge in [0.1, 0.15) is 18.1 Å². The van der Waals surface area contributed by atoms with Gasteiger partial charge in [-0.25, -0.2) is 0 Å². The number of hydrogen-bond donors (Lipinski definition) is 1. The second-order valence-corrected chi connectivity index (χ2v) is 14.3. The van der Waals surface area contributed by atoms with Gasteiger partial charge in [0.2, 0.25) is 11.8 Å². The van der Waals surface area contributed by atoms with E-state index in [9.17, 15) is 14.4 Å². The Labute approximate surface area is 261 Å². The molecule has 2 bridgehead atoms. The largest absolute Gasteiger partial charge is 0.497 e. The van der Waals surface area contributed by atoms with Crippen molar-refractivity contribution in [2.45, 2.75) is 29.2 Å². The first-order chi connectivity index (χ1) is 20.9. The van der Waals surface area contributed by atoms with E-state index in [4.69, 9.17) is 21.1 Å². The Kier molecular flexibility index (Phi) is 6.47. The van der Waals surface area contributed by atoms with E-state index in [1.807, 2.05) is 42.5 Å². The number of thiazole rings is 1. The van der Waals surface area contributed by atoms with Crippen molar-refractivity contribution in [3.05, 3.63) is 103 Å². The first-order valence-electron chi connectivity index (χ1n) is 14.3. The third-order valence-corrected chi connectivity index (χ3v) is 12.4. The summed E-state index contributed by atoms with van der Waals surface area (Å²) < 4.78 is 11.7. The summed E-state index contributed by atoms with van der Waals surface area (Å²) in [6.45, 7) is 0.351. The monoisotopic (exact) mass is 630 g/mol. The quantitative estimate of drug-likeness (QED) is 0.250. The minimum atomic E-state index is -0.374. The minimum absolute atomic E-state index is 0.0172. The van der Waals surface area contributed by atoms with Crippen molar-refractivity contribution in [3.8, 4) is 11.5 Å². The molecule has 3 aromatic carbocycles. The highest BCUT2D eigenvalue weighted by atomic mass is 35.5. The van der Waals surface area contributed by atoms with Crippen LogP contribution in [0.4, 0.5) is 5.69 Å². The number of fused-ring (bicyclic) bond motifs is 9. The second-order valence-electron chi connectivity index (χ2n) is 11.6. The summed E-state index contributed by atoms with van der Waals surface area (Å²) >= 11 is 9.14. The molecule has 8 rings (SSSR count). The fraction of sp³-hybridized carbons (Fsp3) is 0.303. The molecule has 2 aliphatic carbocycles. The molecule has 3 fully saturated rings. The summed E-state index contributed by atoms with van der Waals surface area (Å²) in [5.41, 5.74) is 2.55. The van der Waals surface area contributed by atoms with Crippen molar-refractivity contribution in [2.75, 3.05) is 12.0 Å². The smallest absolute Gasteiger partial charge is 0.305 e. The molecular weight excluding hydrogens is 604 g/mol. The molecule has 0 spiro atoms. The predicted molar refractivity (Wildman–Crippen MR) is 166 cm³/mol. The van der Waals surface area contributed by atoms with Crippen LogP contribution >= 0.6 is 34.7 Å². The van der Waals surface area contributed by atoms with Crippen LogP contribution in [-0.2, 0) is 16.2 Å². The fourth-order valence-corrected chi connectivity index (χ4v) is 11.1. The molecule has 0 unspecified atom stereocenters. The van der Waals surface area contributed by atoms with Gasteiger partial charge in [0.25, 0.3) is 0 Å². The number of anilines is 1. The van der Waals surface area contributed by atoms with Crippen molar-refractivity contribution < 1.29 is 19.1 Å². The molecule has 43 heavy (non-hydrogen) atoms. The number of H-pyrrole nitrogens is 1. The number of nitrogens with one attached hydrogen (secondary N) is 1. The summed E-state index contributed by atoms with van der Waals surface area (Å²) in [5.74, 6) is 0.477. The number of carbonyl (C=O) groups excluding carboxylic acids is 2. The number of carbonyl (C=O) groups is 2. The van der Waals surface area contributed by atoms with E-state index in [2.05, 4.69) is 11.1 Å². The van der Waals surface area contributed by atoms with Gasteiger partial charge in [-0.2, -0.15) is 0 Å². The number of para-hydroxylation sites is 1. The van der Waals surface area contributed by atoms with Gasteiger partial charge in [-0.3, -0.25) is 19.3 Å². The normalized spacial score (nSPS) is 28.5. The third kappa shape index (κ3) is 4.19. The third-order valence-electron chi connectivity index (χ3n) is 9.59. The van der Waals surface area contributed by atoms with Gasteiger partial charge in [-0.1, -0.05) is 53.3 Å². The average Bonchev–Trinajstić information content (AvgIpc) is 3.75. The van der Waals surface area contributed by atoms with Gasteiger partial charge in [0.15, 0.2) is 0 Å². The summed E-state index contributed by atoms with van der Waals surface area (Å²) in [7, 11) is 1.59. The lowest BCUT2D eigenvalue weighted by Crippen LogP contribution is -2.42. The maximum Gasteiger partial charge on any atom is 0.305 e. The van der Waals surface area contributed by atoms with Crippen LogP contribution in [0.15, 0.2) is 82.6 Å². The predicted octanol–water partition coefficient (Wildman–Crippen LogP) is 6.36. The molecular formula is C33H27ClN2O5S2. The Morgan fingerprint density at radius 3 is 2.49 bits per heavy atom. The van der Waals surface area contributed by atoms with Crippen LogP contribution in [-0.4, -0.2) is 29.2 Å². The summed E-state index contributed by atoms with van der Waals surface area (Å²) in [5, 5.41) is 1.63. The zero-order valence-corrected chi connectivity index (χ0v) is 25.5. The maximum absolute atomic E-state index is 14.0. The molecule has 3 heterocycles. The second kappa shape index (κ2) is 10.3. The fourth-order valence-electron chi connectivity index (χ4n) is 8.01. The van der Waals surface area contributed by atoms with Crippen LogP contribution in [0.1, 0.15) is 28.3 Å². The maximum atomic E-state index is 14.0. The van der Waals surface area contributed by atoms with Gasteiger partial charge >= 0.3 is 4.87 Å². The van der Waals surface area contributed by atoms with E-state index in [0.717, 1.165) is 33.2 Å². The Hall–Kier alpha value is -3.53. The van der Waals surface area contributed by atoms with E-state index >= 15 is 0 Å². The number of hydrogen-bond acceptors (Lipinski definition) is 7. The number of nitrogens with zero attached hydrogens (tertiary/aromatic N) is 1. The number of rotatable bonds is 6. The molecule has 4 aromatic rings. The number of aromatic nitrogens is 1. The number of halogens is 1. The summed E-state index contributed by atoms with van der Waals surface area (Å²) in [6.07, 6.45) is 0.826. The first kappa shape index (κ1) is 27.0. The molecule has 218 valence electrons. The number of benzene rings is 3. The van der Waals surface area contributed by atoms with E-state index in [1.165, 1.54) is 16.2 Å². The molecule has 2 amide bonds. The summed E-state index contributed by atoms with van der Waals surface area (Å²) in [6, 6.07) is 22.7. The lowest BCUT2D eigenvalue weighted by Gasteiger charge is -2.43. The highest BCUT2D eigenvalue weighted by Crippen LogP contribution is 2.69. The molecule has 7 nitrogen and oxygen atoms in total. The Morgan fingerprint density at radius 2 is 1.72 bits per heavy atom. The molecule has 1 N–H and O–H groups in total. The number of thioether (sulfide) groups is 1. The number of methoxy groups -OCH3 is 1. The van der Waals surface area contributed by atoms with Crippen molar-refractivity contribution in [1.82, 2.24) is 4.98 Å². The lowest BCUT2D eigenvalue weighted by atomic mass is 9.68. The van der Waals surface area contributed by atoms with E-state index in [1.54, 1.807) is 43.1 Å². The van der Waals surface area contributed by atoms with Crippen LogP contribution in [0.25, 0.3) is 0 Å². The van der Waals surface area contributed by atoms with Crippen LogP contribution in [0, 0.1) is 29.6 Å². The zero-order chi connectivity index (χ0) is 29.4. The van der Waals surface area contributed by atoms with E-state index in [0.29, 0.717) is 23.1 Å². The highest BCUT2D eigenvalue weighted by Gasteiger charge is 2.69.